The van der Waals surface area contributed by atoms with Gasteiger partial charge in [0.15, 0.2) is 5.76 Å². The van der Waals surface area contributed by atoms with Crippen molar-refractivity contribution >= 4 is 29.3 Å². The number of anilines is 1. The van der Waals surface area contributed by atoms with Gasteiger partial charge < -0.3 is 19.5 Å². The normalized spacial score (nSPS) is 35.5. The molecule has 2 aromatic rings. The Balaban J connectivity index is 1.54. The highest BCUT2D eigenvalue weighted by atomic mass is 19.1. The van der Waals surface area contributed by atoms with Crippen molar-refractivity contribution in [1.29, 1.82) is 0 Å². The molecule has 7 rings (SSSR count). The summed E-state index contributed by atoms with van der Waals surface area (Å²) in [5.41, 5.74) is 6.63. The summed E-state index contributed by atoms with van der Waals surface area (Å²) in [6.07, 6.45) is 6.83. The zero-order valence-corrected chi connectivity index (χ0v) is 19.5. The lowest BCUT2D eigenvalue weighted by atomic mass is 9.47. The molecule has 4 bridgehead atoms. The van der Waals surface area contributed by atoms with Crippen LogP contribution in [0.25, 0.3) is 16.5 Å². The monoisotopic (exact) mass is 437 g/mol. The number of para-hydroxylation sites is 1. The van der Waals surface area contributed by atoms with Crippen LogP contribution in [0.2, 0.25) is 0 Å². The topological polar surface area (TPSA) is 57.6 Å². The summed E-state index contributed by atoms with van der Waals surface area (Å²) in [6, 6.07) is 7.71. The van der Waals surface area contributed by atoms with Gasteiger partial charge in [0.1, 0.15) is 11.3 Å². The number of halogens is 1. The molecular weight excluding hydrogens is 404 g/mol. The van der Waals surface area contributed by atoms with Crippen molar-refractivity contribution in [3.63, 3.8) is 0 Å². The van der Waals surface area contributed by atoms with Gasteiger partial charge in [0.2, 0.25) is 0 Å². The van der Waals surface area contributed by atoms with E-state index < -0.39 is 18.3 Å². The molecule has 6 heteroatoms. The molecule has 0 unspecified atom stereocenters. The van der Waals surface area contributed by atoms with Crippen LogP contribution in [0.1, 0.15) is 72.0 Å². The van der Waals surface area contributed by atoms with Crippen LogP contribution in [-0.4, -0.2) is 18.3 Å². The Labute approximate surface area is 189 Å². The Morgan fingerprint density at radius 3 is 2.00 bits per heavy atom. The lowest BCUT2D eigenvalue weighted by molar-refractivity contribution is -0.0190. The molecule has 4 saturated carbocycles. The van der Waals surface area contributed by atoms with Gasteiger partial charge in [-0.25, -0.2) is 4.39 Å². The van der Waals surface area contributed by atoms with Crippen LogP contribution in [0.4, 0.5) is 10.1 Å². The van der Waals surface area contributed by atoms with Crippen LogP contribution >= 0.6 is 0 Å². The Hall–Kier alpha value is -1.79. The Kier molecular flexibility index (Phi) is 4.31. The lowest BCUT2D eigenvalue weighted by Gasteiger charge is -2.57. The Morgan fingerprint density at radius 1 is 0.938 bits per heavy atom. The van der Waals surface area contributed by atoms with E-state index in [2.05, 4.69) is 0 Å². The van der Waals surface area contributed by atoms with Crippen molar-refractivity contribution in [2.45, 2.75) is 77.4 Å². The molecule has 0 amide bonds. The fraction of sp³-hybridized carbons (Fsp3) is 0.615. The van der Waals surface area contributed by atoms with E-state index in [0.717, 1.165) is 24.6 Å². The number of hydrogen-bond donors (Lipinski definition) is 1. The van der Waals surface area contributed by atoms with Gasteiger partial charge in [-0.1, -0.05) is 12.1 Å². The van der Waals surface area contributed by atoms with Gasteiger partial charge in [-0.15, -0.1) is 0 Å². The van der Waals surface area contributed by atoms with Crippen molar-refractivity contribution in [3.8, 4) is 0 Å². The molecule has 4 nitrogen and oxygen atoms in total. The molecule has 1 saturated heterocycles. The molecule has 170 valence electrons. The molecule has 1 aromatic carbocycles. The largest absolute Gasteiger partial charge is 0.525 e. The first-order valence-corrected chi connectivity index (χ1v) is 12.1. The number of furan rings is 1. The number of fused-ring (bicyclic) bond motifs is 1. The van der Waals surface area contributed by atoms with Crippen LogP contribution in [0, 0.1) is 23.2 Å². The average molecular weight is 437 g/mol. The summed E-state index contributed by atoms with van der Waals surface area (Å²) in [7, 11) is -1.05. The third kappa shape index (κ3) is 2.88. The molecule has 2 heterocycles. The van der Waals surface area contributed by atoms with Gasteiger partial charge in [-0.2, -0.15) is 0 Å². The van der Waals surface area contributed by atoms with Crippen molar-refractivity contribution < 1.29 is 18.1 Å². The third-order valence-corrected chi connectivity index (χ3v) is 9.13. The van der Waals surface area contributed by atoms with Gasteiger partial charge in [0.05, 0.1) is 16.9 Å². The number of nitrogen functional groups attached to an aromatic ring is 1. The van der Waals surface area contributed by atoms with Gasteiger partial charge in [0, 0.05) is 16.4 Å². The zero-order chi connectivity index (χ0) is 22.5. The molecule has 32 heavy (non-hydrogen) atoms. The van der Waals surface area contributed by atoms with E-state index in [4.69, 9.17) is 19.5 Å². The lowest BCUT2D eigenvalue weighted by Crippen LogP contribution is -2.47. The fourth-order valence-corrected chi connectivity index (χ4v) is 7.33. The molecule has 0 atom stereocenters. The summed E-state index contributed by atoms with van der Waals surface area (Å²) < 4.78 is 35.3. The SMILES string of the molecule is CC1(C)OB(C(F)=C(c2oc3ccccc3c2N)C23CC4CC(CC(C4)C2)C3)OC1(C)C. The molecule has 5 aliphatic rings. The summed E-state index contributed by atoms with van der Waals surface area (Å²) in [6.45, 7) is 7.83. The van der Waals surface area contributed by atoms with E-state index >= 15 is 4.39 Å². The van der Waals surface area contributed by atoms with Crippen LogP contribution in [0.15, 0.2) is 34.4 Å². The summed E-state index contributed by atoms with van der Waals surface area (Å²) in [5, 5.41) is 0.839. The minimum Gasteiger partial charge on any atom is -0.454 e. The predicted molar refractivity (Wildman–Crippen MR) is 125 cm³/mol. The maximum atomic E-state index is 16.7. The van der Waals surface area contributed by atoms with E-state index in [1.54, 1.807) is 0 Å². The second-order valence-corrected chi connectivity index (χ2v) is 11.9. The van der Waals surface area contributed by atoms with E-state index in [0.29, 0.717) is 40.4 Å². The summed E-state index contributed by atoms with van der Waals surface area (Å²) >= 11 is 0. The van der Waals surface area contributed by atoms with Crippen LogP contribution < -0.4 is 5.73 Å². The highest BCUT2D eigenvalue weighted by Crippen LogP contribution is 2.66. The minimum absolute atomic E-state index is 0.259. The number of hydrogen-bond acceptors (Lipinski definition) is 4. The van der Waals surface area contributed by atoms with Crippen LogP contribution in [-0.2, 0) is 9.31 Å². The standard InChI is InChI=1S/C26H33BFNO3/c1-24(2)25(3,4)32-27(31-24)23(28)20(22-21(29)18-7-5-6-8-19(18)30-22)26-12-15-9-16(13-26)11-17(10-15)14-26/h5-8,15-17H,9-14,29H2,1-4H3. The molecule has 4 aliphatic carbocycles. The number of nitrogens with two attached hydrogens (primary N) is 1. The highest BCUT2D eigenvalue weighted by molar-refractivity contribution is 6.55. The second-order valence-electron chi connectivity index (χ2n) is 11.9. The quantitative estimate of drug-likeness (QED) is 0.554. The maximum Gasteiger partial charge on any atom is 0.525 e. The van der Waals surface area contributed by atoms with Crippen LogP contribution in [0.5, 0.6) is 0 Å². The average Bonchev–Trinajstić information content (AvgIpc) is 3.13. The number of allylic oxidation sites excluding steroid dienone is 1. The molecule has 0 spiro atoms. The number of benzene rings is 1. The van der Waals surface area contributed by atoms with E-state index in [9.17, 15) is 0 Å². The maximum absolute atomic E-state index is 16.7. The first-order valence-electron chi connectivity index (χ1n) is 12.1. The molecule has 1 aromatic heterocycles. The van der Waals surface area contributed by atoms with Crippen molar-refractivity contribution in [2.75, 3.05) is 5.73 Å². The first-order chi connectivity index (χ1) is 15.1. The molecular formula is C26H33BFNO3. The molecule has 2 N–H and O–H groups in total. The smallest absolute Gasteiger partial charge is 0.454 e. The van der Waals surface area contributed by atoms with Crippen molar-refractivity contribution in [1.82, 2.24) is 0 Å². The Bertz CT molecular complexity index is 1070. The third-order valence-electron chi connectivity index (χ3n) is 9.13. The van der Waals surface area contributed by atoms with Gasteiger partial charge in [0.25, 0.3) is 0 Å². The fourth-order valence-electron chi connectivity index (χ4n) is 7.33. The highest BCUT2D eigenvalue weighted by Gasteiger charge is 2.58. The van der Waals surface area contributed by atoms with Gasteiger partial charge in [-0.3, -0.25) is 0 Å². The Morgan fingerprint density at radius 2 is 1.47 bits per heavy atom. The molecule has 0 radical (unpaired) electrons. The second kappa shape index (κ2) is 6.63. The van der Waals surface area contributed by atoms with Crippen molar-refractivity contribution in [3.05, 3.63) is 35.8 Å². The van der Waals surface area contributed by atoms with Gasteiger partial charge >= 0.3 is 7.12 Å². The van der Waals surface area contributed by atoms with Gasteiger partial charge in [-0.05, 0) is 96.1 Å². The first kappa shape index (κ1) is 20.8. The van der Waals surface area contributed by atoms with E-state index in [1.165, 1.54) is 19.3 Å². The van der Waals surface area contributed by atoms with Crippen molar-refractivity contribution in [2.24, 2.45) is 23.2 Å². The molecule has 1 aliphatic heterocycles. The van der Waals surface area contributed by atoms with E-state index in [-0.39, 0.29) is 11.1 Å². The predicted octanol–water partition coefficient (Wildman–Crippen LogP) is 6.54. The summed E-state index contributed by atoms with van der Waals surface area (Å²) in [5.74, 6) is 2.47. The minimum atomic E-state index is -1.05. The summed E-state index contributed by atoms with van der Waals surface area (Å²) in [4.78, 5) is 0. The zero-order valence-electron chi connectivity index (χ0n) is 19.5. The molecule has 5 fully saturated rings. The number of rotatable bonds is 3. The van der Waals surface area contributed by atoms with Crippen LogP contribution in [0.3, 0.4) is 0 Å². The van der Waals surface area contributed by atoms with E-state index in [1.807, 2.05) is 52.0 Å².